The number of hydrogen-bond acceptors (Lipinski definition) is 5. The van der Waals surface area contributed by atoms with Crippen molar-refractivity contribution in [3.8, 4) is 11.1 Å². The summed E-state index contributed by atoms with van der Waals surface area (Å²) in [7, 11) is 0. The van der Waals surface area contributed by atoms with E-state index in [0.717, 1.165) is 44.6 Å². The van der Waals surface area contributed by atoms with Crippen LogP contribution in [0.1, 0.15) is 12.5 Å². The normalized spacial score (nSPS) is 16.2. The molecular weight excluding hydrogens is 373 g/mol. The van der Waals surface area contributed by atoms with Gasteiger partial charge < -0.3 is 9.80 Å². The van der Waals surface area contributed by atoms with Crippen molar-refractivity contribution in [2.24, 2.45) is 0 Å². The van der Waals surface area contributed by atoms with E-state index in [4.69, 9.17) is 0 Å². The summed E-state index contributed by atoms with van der Waals surface area (Å²) in [6.07, 6.45) is -2.91. The standard InChI is InChI=1S/C19H19F3N4S/c1-2-25-7-9-26(10-8-25)17-16-14(11-27-18(16)24-12-23-17)13-5-3-4-6-15(13)19(20,21)22/h3-6,11-12H,2,7-10H2,1H3. The Morgan fingerprint density at radius 3 is 2.48 bits per heavy atom. The van der Waals surface area contributed by atoms with Gasteiger partial charge >= 0.3 is 6.18 Å². The Labute approximate surface area is 159 Å². The van der Waals surface area contributed by atoms with Crippen molar-refractivity contribution in [3.63, 3.8) is 0 Å². The maximum Gasteiger partial charge on any atom is 0.417 e. The summed E-state index contributed by atoms with van der Waals surface area (Å²) in [6.45, 7) is 6.56. The molecule has 1 saturated heterocycles. The number of alkyl halides is 3. The topological polar surface area (TPSA) is 32.3 Å². The monoisotopic (exact) mass is 392 g/mol. The highest BCUT2D eigenvalue weighted by Crippen LogP contribution is 2.43. The summed E-state index contributed by atoms with van der Waals surface area (Å²) in [5, 5.41) is 2.47. The predicted molar refractivity (Wildman–Crippen MR) is 102 cm³/mol. The van der Waals surface area contributed by atoms with Gasteiger partial charge in [-0.05, 0) is 18.2 Å². The van der Waals surface area contributed by atoms with Crippen LogP contribution >= 0.6 is 11.3 Å². The average Bonchev–Trinajstić information content (AvgIpc) is 3.11. The molecule has 0 aliphatic carbocycles. The molecule has 0 atom stereocenters. The zero-order valence-electron chi connectivity index (χ0n) is 14.8. The summed E-state index contributed by atoms with van der Waals surface area (Å²) in [5.41, 5.74) is 0.103. The van der Waals surface area contributed by atoms with Gasteiger partial charge in [-0.3, -0.25) is 0 Å². The van der Waals surface area contributed by atoms with Crippen molar-refractivity contribution in [2.75, 3.05) is 37.6 Å². The smallest absolute Gasteiger partial charge is 0.353 e. The van der Waals surface area contributed by atoms with Crippen molar-refractivity contribution in [1.82, 2.24) is 14.9 Å². The summed E-state index contributed by atoms with van der Waals surface area (Å²) >= 11 is 1.36. The third-order valence-electron chi connectivity index (χ3n) is 4.99. The molecule has 1 fully saturated rings. The van der Waals surface area contributed by atoms with E-state index in [0.29, 0.717) is 15.8 Å². The Kier molecular flexibility index (Phi) is 4.77. The Morgan fingerprint density at radius 1 is 1.04 bits per heavy atom. The minimum absolute atomic E-state index is 0.180. The van der Waals surface area contributed by atoms with Crippen LogP contribution in [0.3, 0.4) is 0 Å². The van der Waals surface area contributed by atoms with Gasteiger partial charge in [0, 0.05) is 37.1 Å². The molecular formula is C19H19F3N4S. The van der Waals surface area contributed by atoms with Crippen LogP contribution in [-0.2, 0) is 6.18 Å². The van der Waals surface area contributed by atoms with E-state index in [1.807, 2.05) is 0 Å². The number of nitrogens with zero attached hydrogens (tertiary/aromatic N) is 4. The third-order valence-corrected chi connectivity index (χ3v) is 5.88. The summed E-state index contributed by atoms with van der Waals surface area (Å²) in [5.74, 6) is 0.726. The molecule has 27 heavy (non-hydrogen) atoms. The second-order valence-electron chi connectivity index (χ2n) is 6.49. The van der Waals surface area contributed by atoms with Crippen LogP contribution in [0, 0.1) is 0 Å². The minimum Gasteiger partial charge on any atom is -0.353 e. The highest BCUT2D eigenvalue weighted by atomic mass is 32.1. The van der Waals surface area contributed by atoms with Gasteiger partial charge in [-0.1, -0.05) is 25.1 Å². The number of aromatic nitrogens is 2. The van der Waals surface area contributed by atoms with Crippen molar-refractivity contribution in [3.05, 3.63) is 41.5 Å². The lowest BCUT2D eigenvalue weighted by molar-refractivity contribution is -0.137. The summed E-state index contributed by atoms with van der Waals surface area (Å²) in [6, 6.07) is 5.71. The van der Waals surface area contributed by atoms with Crippen molar-refractivity contribution < 1.29 is 13.2 Å². The largest absolute Gasteiger partial charge is 0.417 e. The Balaban J connectivity index is 1.83. The van der Waals surface area contributed by atoms with Crippen LogP contribution in [0.15, 0.2) is 36.0 Å². The molecule has 3 aromatic rings. The number of thiophene rings is 1. The molecule has 2 aromatic heterocycles. The zero-order chi connectivity index (χ0) is 19.0. The Bertz CT molecular complexity index is 946. The molecule has 0 N–H and O–H groups in total. The van der Waals surface area contributed by atoms with E-state index in [1.54, 1.807) is 11.4 Å². The number of benzene rings is 1. The SMILES string of the molecule is CCN1CCN(c2ncnc3scc(-c4ccccc4C(F)(F)F)c23)CC1. The van der Waals surface area contributed by atoms with Gasteiger partial charge in [0.2, 0.25) is 0 Å². The molecule has 0 bridgehead atoms. The van der Waals surface area contributed by atoms with E-state index in [2.05, 4.69) is 26.7 Å². The number of likely N-dealkylation sites (N-methyl/N-ethyl adjacent to an activating group) is 1. The molecule has 0 saturated carbocycles. The molecule has 4 rings (SSSR count). The lowest BCUT2D eigenvalue weighted by Gasteiger charge is -2.35. The molecule has 0 spiro atoms. The Morgan fingerprint density at radius 2 is 1.78 bits per heavy atom. The lowest BCUT2D eigenvalue weighted by Crippen LogP contribution is -2.46. The van der Waals surface area contributed by atoms with Crippen LogP contribution in [0.5, 0.6) is 0 Å². The molecule has 3 heterocycles. The molecule has 0 amide bonds. The Hall–Kier alpha value is -2.19. The molecule has 4 nitrogen and oxygen atoms in total. The van der Waals surface area contributed by atoms with Gasteiger partial charge in [-0.25, -0.2) is 9.97 Å². The zero-order valence-corrected chi connectivity index (χ0v) is 15.6. The highest BCUT2D eigenvalue weighted by molar-refractivity contribution is 7.17. The van der Waals surface area contributed by atoms with Gasteiger partial charge in [0.05, 0.1) is 10.9 Å². The molecule has 1 aromatic carbocycles. The van der Waals surface area contributed by atoms with Crippen LogP contribution in [-0.4, -0.2) is 47.6 Å². The van der Waals surface area contributed by atoms with E-state index in [-0.39, 0.29) is 5.56 Å². The number of piperazine rings is 1. The number of rotatable bonds is 3. The lowest BCUT2D eigenvalue weighted by atomic mass is 9.99. The fraction of sp³-hybridized carbons (Fsp3) is 0.368. The maximum absolute atomic E-state index is 13.5. The first-order valence-corrected chi connectivity index (χ1v) is 9.73. The van der Waals surface area contributed by atoms with Crippen LogP contribution in [0.4, 0.5) is 19.0 Å². The van der Waals surface area contributed by atoms with Crippen molar-refractivity contribution in [2.45, 2.75) is 13.1 Å². The summed E-state index contributed by atoms with van der Waals surface area (Å²) in [4.78, 5) is 14.0. The van der Waals surface area contributed by atoms with Gasteiger partial charge in [0.25, 0.3) is 0 Å². The third kappa shape index (κ3) is 3.39. The molecule has 8 heteroatoms. The fourth-order valence-corrected chi connectivity index (χ4v) is 4.44. The molecule has 0 unspecified atom stereocenters. The summed E-state index contributed by atoms with van der Waals surface area (Å²) < 4.78 is 40.6. The molecule has 142 valence electrons. The van der Waals surface area contributed by atoms with Crippen molar-refractivity contribution >= 4 is 27.4 Å². The fourth-order valence-electron chi connectivity index (χ4n) is 3.54. The van der Waals surface area contributed by atoms with Gasteiger partial charge in [0.15, 0.2) is 0 Å². The first-order valence-electron chi connectivity index (χ1n) is 8.85. The number of hydrogen-bond donors (Lipinski definition) is 0. The number of anilines is 1. The van der Waals surface area contributed by atoms with Crippen LogP contribution in [0.25, 0.3) is 21.3 Å². The number of fused-ring (bicyclic) bond motifs is 1. The van der Waals surface area contributed by atoms with E-state index in [9.17, 15) is 13.2 Å². The van der Waals surface area contributed by atoms with Crippen molar-refractivity contribution in [1.29, 1.82) is 0 Å². The predicted octanol–water partition coefficient (Wildman–Crippen LogP) is 4.52. The highest BCUT2D eigenvalue weighted by Gasteiger charge is 2.34. The minimum atomic E-state index is -4.41. The quantitative estimate of drug-likeness (QED) is 0.656. The van der Waals surface area contributed by atoms with E-state index >= 15 is 0 Å². The van der Waals surface area contributed by atoms with E-state index < -0.39 is 11.7 Å². The maximum atomic E-state index is 13.5. The molecule has 1 aliphatic rings. The first-order chi connectivity index (χ1) is 13.0. The number of halogens is 3. The second kappa shape index (κ2) is 7.09. The van der Waals surface area contributed by atoms with Gasteiger partial charge in [-0.2, -0.15) is 13.2 Å². The van der Waals surface area contributed by atoms with Gasteiger partial charge in [0.1, 0.15) is 17.0 Å². The van der Waals surface area contributed by atoms with Gasteiger partial charge in [-0.15, -0.1) is 11.3 Å². The first kappa shape index (κ1) is 18.2. The van der Waals surface area contributed by atoms with E-state index in [1.165, 1.54) is 29.8 Å². The molecule has 0 radical (unpaired) electrons. The van der Waals surface area contributed by atoms with Crippen LogP contribution < -0.4 is 4.90 Å². The second-order valence-corrected chi connectivity index (χ2v) is 7.35. The average molecular weight is 392 g/mol. The van der Waals surface area contributed by atoms with Crippen LogP contribution in [0.2, 0.25) is 0 Å². The molecule has 1 aliphatic heterocycles.